The normalized spacial score (nSPS) is 32.0. The van der Waals surface area contributed by atoms with Crippen LogP contribution in [0.1, 0.15) is 59.3 Å². The molecule has 0 bridgehead atoms. The van der Waals surface area contributed by atoms with E-state index >= 15 is 0 Å². The van der Waals surface area contributed by atoms with Crippen molar-refractivity contribution in [1.82, 2.24) is 20.4 Å². The number of carbonyl (C=O) groups excluding carboxylic acids is 2. The summed E-state index contributed by atoms with van der Waals surface area (Å²) in [5, 5.41) is 6.73. The fourth-order valence-corrected chi connectivity index (χ4v) is 5.04. The van der Waals surface area contributed by atoms with Crippen molar-refractivity contribution < 1.29 is 14.3 Å². The van der Waals surface area contributed by atoms with Crippen molar-refractivity contribution in [3.8, 4) is 0 Å². The molecular weight excluding hydrogens is 356 g/mol. The van der Waals surface area contributed by atoms with Crippen LogP contribution in [0.25, 0.3) is 0 Å². The van der Waals surface area contributed by atoms with Crippen molar-refractivity contribution in [1.29, 1.82) is 0 Å². The number of hydrogen-bond donors (Lipinski definition) is 2. The molecule has 7 heteroatoms. The summed E-state index contributed by atoms with van der Waals surface area (Å²) < 4.78 is 5.54. The highest BCUT2D eigenvalue weighted by Gasteiger charge is 2.47. The van der Waals surface area contributed by atoms with E-state index in [9.17, 15) is 9.59 Å². The van der Waals surface area contributed by atoms with Crippen LogP contribution < -0.4 is 10.6 Å². The molecule has 28 heavy (non-hydrogen) atoms. The van der Waals surface area contributed by atoms with E-state index < -0.39 is 5.54 Å². The first kappa shape index (κ1) is 21.5. The van der Waals surface area contributed by atoms with Gasteiger partial charge in [0.2, 0.25) is 5.91 Å². The number of ether oxygens (including phenoxy) is 1. The standard InChI is InChI=1S/C21H38N4O3/c1-15(2)14-21(3)19(27)25(20(22-4)23-21)12-9-16-7-10-24(11-8-16)18(26)17-6-5-13-28-17/h15-17,20,22-23H,5-14H2,1-4H3. The van der Waals surface area contributed by atoms with Gasteiger partial charge in [0.15, 0.2) is 0 Å². The van der Waals surface area contributed by atoms with Crippen LogP contribution in [-0.4, -0.2) is 72.8 Å². The Morgan fingerprint density at radius 3 is 2.61 bits per heavy atom. The Balaban J connectivity index is 1.47. The molecule has 0 saturated carbocycles. The zero-order valence-electron chi connectivity index (χ0n) is 18.0. The highest BCUT2D eigenvalue weighted by Crippen LogP contribution is 2.28. The van der Waals surface area contributed by atoms with Gasteiger partial charge in [-0.1, -0.05) is 13.8 Å². The Hall–Kier alpha value is -1.18. The van der Waals surface area contributed by atoms with Gasteiger partial charge in [-0.25, -0.2) is 0 Å². The van der Waals surface area contributed by atoms with Crippen molar-refractivity contribution in [3.63, 3.8) is 0 Å². The lowest BCUT2D eigenvalue weighted by molar-refractivity contribution is -0.142. The molecule has 2 N–H and O–H groups in total. The summed E-state index contributed by atoms with van der Waals surface area (Å²) in [6.45, 7) is 9.44. The molecule has 3 saturated heterocycles. The van der Waals surface area contributed by atoms with Gasteiger partial charge in [-0.05, 0) is 64.3 Å². The summed E-state index contributed by atoms with van der Waals surface area (Å²) in [6.07, 6.45) is 5.41. The molecule has 3 fully saturated rings. The van der Waals surface area contributed by atoms with Crippen molar-refractivity contribution in [3.05, 3.63) is 0 Å². The van der Waals surface area contributed by atoms with E-state index in [2.05, 4.69) is 24.5 Å². The van der Waals surface area contributed by atoms with E-state index in [1.807, 2.05) is 23.8 Å². The summed E-state index contributed by atoms with van der Waals surface area (Å²) in [4.78, 5) is 29.5. The Morgan fingerprint density at radius 1 is 1.32 bits per heavy atom. The summed E-state index contributed by atoms with van der Waals surface area (Å²) in [6, 6.07) is 0. The van der Waals surface area contributed by atoms with E-state index in [1.54, 1.807) is 0 Å². The minimum Gasteiger partial charge on any atom is -0.368 e. The first-order valence-electron chi connectivity index (χ1n) is 11.0. The van der Waals surface area contributed by atoms with Gasteiger partial charge in [-0.3, -0.25) is 20.2 Å². The molecular formula is C21H38N4O3. The van der Waals surface area contributed by atoms with Gasteiger partial charge in [-0.2, -0.15) is 0 Å². The van der Waals surface area contributed by atoms with E-state index in [4.69, 9.17) is 4.74 Å². The second kappa shape index (κ2) is 9.09. The predicted molar refractivity (Wildman–Crippen MR) is 108 cm³/mol. The predicted octanol–water partition coefficient (Wildman–Crippen LogP) is 1.53. The Morgan fingerprint density at radius 2 is 2.04 bits per heavy atom. The number of amides is 2. The van der Waals surface area contributed by atoms with Crippen molar-refractivity contribution in [2.24, 2.45) is 11.8 Å². The monoisotopic (exact) mass is 394 g/mol. The van der Waals surface area contributed by atoms with E-state index in [-0.39, 0.29) is 24.2 Å². The van der Waals surface area contributed by atoms with Gasteiger partial charge in [-0.15, -0.1) is 0 Å². The Labute approximate surface area is 169 Å². The number of rotatable bonds is 7. The minimum atomic E-state index is -0.487. The first-order valence-corrected chi connectivity index (χ1v) is 11.0. The summed E-state index contributed by atoms with van der Waals surface area (Å²) in [7, 11) is 1.90. The van der Waals surface area contributed by atoms with E-state index in [0.29, 0.717) is 18.4 Å². The molecule has 7 nitrogen and oxygen atoms in total. The fraction of sp³-hybridized carbons (Fsp3) is 0.905. The highest BCUT2D eigenvalue weighted by molar-refractivity contribution is 5.88. The number of nitrogens with one attached hydrogen (secondary N) is 2. The van der Waals surface area contributed by atoms with Crippen LogP contribution >= 0.6 is 0 Å². The molecule has 3 unspecified atom stereocenters. The number of nitrogens with zero attached hydrogens (tertiary/aromatic N) is 2. The maximum atomic E-state index is 13.0. The fourth-order valence-electron chi connectivity index (χ4n) is 5.04. The molecule has 0 aromatic heterocycles. The van der Waals surface area contributed by atoms with Gasteiger partial charge < -0.3 is 14.5 Å². The maximum Gasteiger partial charge on any atom is 0.251 e. The quantitative estimate of drug-likeness (QED) is 0.685. The lowest BCUT2D eigenvalue weighted by atomic mass is 9.90. The number of hydrogen-bond acceptors (Lipinski definition) is 5. The molecule has 0 aromatic rings. The molecule has 2 amide bonds. The van der Waals surface area contributed by atoms with Crippen LogP contribution in [0.4, 0.5) is 0 Å². The largest absolute Gasteiger partial charge is 0.368 e. The molecule has 3 aliphatic rings. The third kappa shape index (κ3) is 4.69. The minimum absolute atomic E-state index is 0.0996. The van der Waals surface area contributed by atoms with Crippen LogP contribution in [0.15, 0.2) is 0 Å². The topological polar surface area (TPSA) is 73.9 Å². The first-order chi connectivity index (χ1) is 13.3. The second-order valence-electron chi connectivity index (χ2n) is 9.32. The number of carbonyl (C=O) groups is 2. The van der Waals surface area contributed by atoms with Crippen LogP contribution in [0.2, 0.25) is 0 Å². The third-order valence-electron chi connectivity index (χ3n) is 6.50. The van der Waals surface area contributed by atoms with Crippen molar-refractivity contribution in [2.75, 3.05) is 33.3 Å². The molecule has 160 valence electrons. The molecule has 3 rings (SSSR count). The smallest absolute Gasteiger partial charge is 0.251 e. The molecule has 0 spiro atoms. The van der Waals surface area contributed by atoms with Crippen LogP contribution in [-0.2, 0) is 14.3 Å². The maximum absolute atomic E-state index is 13.0. The lowest BCUT2D eigenvalue weighted by Gasteiger charge is -2.34. The highest BCUT2D eigenvalue weighted by atomic mass is 16.5. The van der Waals surface area contributed by atoms with Gasteiger partial charge >= 0.3 is 0 Å². The zero-order chi connectivity index (χ0) is 20.3. The molecule has 3 atom stereocenters. The van der Waals surface area contributed by atoms with Crippen molar-refractivity contribution >= 4 is 11.8 Å². The molecule has 0 aromatic carbocycles. The second-order valence-corrected chi connectivity index (χ2v) is 9.32. The van der Waals surface area contributed by atoms with E-state index in [1.165, 1.54) is 0 Å². The molecule has 0 radical (unpaired) electrons. The zero-order valence-corrected chi connectivity index (χ0v) is 18.0. The summed E-state index contributed by atoms with van der Waals surface area (Å²) >= 11 is 0. The molecule has 3 heterocycles. The van der Waals surface area contributed by atoms with Crippen LogP contribution in [0.5, 0.6) is 0 Å². The average Bonchev–Trinajstić information content (AvgIpc) is 3.27. The number of piperidine rings is 1. The van der Waals surface area contributed by atoms with Gasteiger partial charge in [0.05, 0.1) is 5.54 Å². The summed E-state index contributed by atoms with van der Waals surface area (Å²) in [5.41, 5.74) is -0.487. The number of likely N-dealkylation sites (tertiary alicyclic amines) is 1. The Bertz CT molecular complexity index is 556. The van der Waals surface area contributed by atoms with Gasteiger partial charge in [0.25, 0.3) is 5.91 Å². The van der Waals surface area contributed by atoms with Gasteiger partial charge in [0, 0.05) is 26.2 Å². The third-order valence-corrected chi connectivity index (χ3v) is 6.50. The molecule has 3 aliphatic heterocycles. The van der Waals surface area contributed by atoms with Crippen LogP contribution in [0, 0.1) is 11.8 Å². The SMILES string of the molecule is CNC1NC(C)(CC(C)C)C(=O)N1CCC1CCN(C(=O)C2CCCO2)CC1. The van der Waals surface area contributed by atoms with Gasteiger partial charge in [0.1, 0.15) is 12.4 Å². The van der Waals surface area contributed by atoms with E-state index in [0.717, 1.165) is 58.2 Å². The van der Waals surface area contributed by atoms with Crippen molar-refractivity contribution in [2.45, 2.75) is 77.2 Å². The summed E-state index contributed by atoms with van der Waals surface area (Å²) in [5.74, 6) is 1.40. The Kier molecular flexibility index (Phi) is 6.99. The molecule has 0 aliphatic carbocycles. The van der Waals surface area contributed by atoms with Crippen LogP contribution in [0.3, 0.4) is 0 Å². The lowest BCUT2D eigenvalue weighted by Crippen LogP contribution is -2.49. The average molecular weight is 395 g/mol.